The van der Waals surface area contributed by atoms with Crippen LogP contribution in [0.5, 0.6) is 0 Å². The van der Waals surface area contributed by atoms with Gasteiger partial charge in [0.15, 0.2) is 0 Å². The Balaban J connectivity index is 2.14. The molecule has 0 N–H and O–H groups in total. The standard InChI is InChI=1S/C16H17ClN2O2/c1-19(2)16(20)21-11-13-6-4-3-5-12(13)9-14-10-18-8-7-15(14)17/h3-8,10H,9,11H2,1-2H3. The van der Waals surface area contributed by atoms with Crippen molar-refractivity contribution in [2.24, 2.45) is 0 Å². The molecule has 1 amide bonds. The monoisotopic (exact) mass is 304 g/mol. The molecule has 0 radical (unpaired) electrons. The van der Waals surface area contributed by atoms with Gasteiger partial charge in [-0.1, -0.05) is 35.9 Å². The number of carbonyl (C=O) groups excluding carboxylic acids is 1. The van der Waals surface area contributed by atoms with Gasteiger partial charge in [0.05, 0.1) is 0 Å². The number of pyridine rings is 1. The molecule has 0 aliphatic carbocycles. The van der Waals surface area contributed by atoms with Gasteiger partial charge in [-0.05, 0) is 22.8 Å². The Kier molecular flexibility index (Phi) is 5.17. The molecule has 21 heavy (non-hydrogen) atoms. The summed E-state index contributed by atoms with van der Waals surface area (Å²) in [4.78, 5) is 17.0. The topological polar surface area (TPSA) is 42.4 Å². The zero-order valence-corrected chi connectivity index (χ0v) is 12.8. The zero-order valence-electron chi connectivity index (χ0n) is 12.0. The van der Waals surface area contributed by atoms with Crippen molar-refractivity contribution in [1.29, 1.82) is 0 Å². The fourth-order valence-electron chi connectivity index (χ4n) is 1.88. The first kappa shape index (κ1) is 15.3. The lowest BCUT2D eigenvalue weighted by Gasteiger charge is -2.13. The van der Waals surface area contributed by atoms with E-state index in [-0.39, 0.29) is 12.7 Å². The molecule has 0 fully saturated rings. The second kappa shape index (κ2) is 7.09. The summed E-state index contributed by atoms with van der Waals surface area (Å²) in [5.74, 6) is 0. The van der Waals surface area contributed by atoms with Crippen molar-refractivity contribution in [3.05, 3.63) is 64.4 Å². The van der Waals surface area contributed by atoms with Crippen LogP contribution in [0.2, 0.25) is 5.02 Å². The van der Waals surface area contributed by atoms with Crippen LogP contribution in [0.1, 0.15) is 16.7 Å². The molecule has 0 aliphatic heterocycles. The summed E-state index contributed by atoms with van der Waals surface area (Å²) >= 11 is 6.16. The third kappa shape index (κ3) is 4.20. The largest absolute Gasteiger partial charge is 0.445 e. The molecule has 0 unspecified atom stereocenters. The van der Waals surface area contributed by atoms with E-state index in [1.165, 1.54) is 4.90 Å². The number of hydrogen-bond acceptors (Lipinski definition) is 3. The highest BCUT2D eigenvalue weighted by Crippen LogP contribution is 2.20. The van der Waals surface area contributed by atoms with Crippen LogP contribution in [0.25, 0.3) is 0 Å². The quantitative estimate of drug-likeness (QED) is 0.868. The van der Waals surface area contributed by atoms with Crippen molar-refractivity contribution < 1.29 is 9.53 Å². The number of halogens is 1. The third-order valence-electron chi connectivity index (χ3n) is 3.06. The predicted octanol–water partition coefficient (Wildman–Crippen LogP) is 3.52. The van der Waals surface area contributed by atoms with Gasteiger partial charge < -0.3 is 9.64 Å². The SMILES string of the molecule is CN(C)C(=O)OCc1ccccc1Cc1cnccc1Cl. The van der Waals surface area contributed by atoms with Gasteiger partial charge in [0.1, 0.15) is 6.61 Å². The summed E-state index contributed by atoms with van der Waals surface area (Å²) in [6, 6.07) is 9.60. The van der Waals surface area contributed by atoms with E-state index in [2.05, 4.69) is 4.98 Å². The minimum absolute atomic E-state index is 0.241. The van der Waals surface area contributed by atoms with E-state index in [1.807, 2.05) is 24.3 Å². The summed E-state index contributed by atoms with van der Waals surface area (Å²) < 4.78 is 5.24. The number of benzene rings is 1. The average molecular weight is 305 g/mol. The lowest BCUT2D eigenvalue weighted by molar-refractivity contribution is 0.112. The van der Waals surface area contributed by atoms with Crippen LogP contribution in [-0.2, 0) is 17.8 Å². The number of carbonyl (C=O) groups is 1. The molecule has 5 heteroatoms. The van der Waals surface area contributed by atoms with E-state index in [4.69, 9.17) is 16.3 Å². The van der Waals surface area contributed by atoms with Gasteiger partial charge >= 0.3 is 6.09 Å². The first-order valence-electron chi connectivity index (χ1n) is 6.57. The number of hydrogen-bond donors (Lipinski definition) is 0. The molecule has 0 saturated carbocycles. The Morgan fingerprint density at radius 3 is 2.57 bits per heavy atom. The van der Waals surface area contributed by atoms with Crippen LogP contribution >= 0.6 is 11.6 Å². The molecule has 2 rings (SSSR count). The summed E-state index contributed by atoms with van der Waals surface area (Å²) in [5.41, 5.74) is 2.98. The maximum absolute atomic E-state index is 11.5. The Morgan fingerprint density at radius 1 is 1.19 bits per heavy atom. The molecular formula is C16H17ClN2O2. The highest BCUT2D eigenvalue weighted by atomic mass is 35.5. The van der Waals surface area contributed by atoms with Crippen LogP contribution < -0.4 is 0 Å². The molecule has 4 nitrogen and oxygen atoms in total. The molecule has 0 saturated heterocycles. The first-order valence-corrected chi connectivity index (χ1v) is 6.95. The van der Waals surface area contributed by atoms with Gasteiger partial charge in [-0.2, -0.15) is 0 Å². The van der Waals surface area contributed by atoms with Crippen molar-refractivity contribution in [1.82, 2.24) is 9.88 Å². The molecular weight excluding hydrogens is 288 g/mol. The smallest absolute Gasteiger partial charge is 0.409 e. The zero-order chi connectivity index (χ0) is 15.2. The van der Waals surface area contributed by atoms with Crippen molar-refractivity contribution in [2.75, 3.05) is 14.1 Å². The minimum Gasteiger partial charge on any atom is -0.445 e. The van der Waals surface area contributed by atoms with Crippen LogP contribution in [-0.4, -0.2) is 30.1 Å². The van der Waals surface area contributed by atoms with E-state index >= 15 is 0 Å². The van der Waals surface area contributed by atoms with Crippen LogP contribution in [0, 0.1) is 0 Å². The van der Waals surface area contributed by atoms with Crippen molar-refractivity contribution in [3.63, 3.8) is 0 Å². The highest BCUT2D eigenvalue weighted by molar-refractivity contribution is 6.31. The molecule has 0 spiro atoms. The Morgan fingerprint density at radius 2 is 1.90 bits per heavy atom. The van der Waals surface area contributed by atoms with Crippen LogP contribution in [0.15, 0.2) is 42.7 Å². The molecule has 1 aromatic heterocycles. The predicted molar refractivity (Wildman–Crippen MR) is 82.4 cm³/mol. The highest BCUT2D eigenvalue weighted by Gasteiger charge is 2.09. The van der Waals surface area contributed by atoms with Crippen molar-refractivity contribution >= 4 is 17.7 Å². The molecule has 0 atom stereocenters. The van der Waals surface area contributed by atoms with Gasteiger partial charge in [0.25, 0.3) is 0 Å². The fourth-order valence-corrected chi connectivity index (χ4v) is 2.06. The van der Waals surface area contributed by atoms with E-state index in [0.29, 0.717) is 11.4 Å². The molecule has 0 aliphatic rings. The maximum Gasteiger partial charge on any atom is 0.409 e. The van der Waals surface area contributed by atoms with Gasteiger partial charge in [-0.3, -0.25) is 4.98 Å². The van der Waals surface area contributed by atoms with E-state index in [0.717, 1.165) is 16.7 Å². The second-order valence-electron chi connectivity index (χ2n) is 4.86. The van der Waals surface area contributed by atoms with E-state index in [9.17, 15) is 4.79 Å². The molecule has 0 bridgehead atoms. The lowest BCUT2D eigenvalue weighted by atomic mass is 10.0. The Labute approximate surface area is 129 Å². The molecule has 1 heterocycles. The number of nitrogens with zero attached hydrogens (tertiary/aromatic N) is 2. The maximum atomic E-state index is 11.5. The van der Waals surface area contributed by atoms with Gasteiger partial charge in [-0.25, -0.2) is 4.79 Å². The second-order valence-corrected chi connectivity index (χ2v) is 5.27. The normalized spacial score (nSPS) is 10.2. The van der Waals surface area contributed by atoms with Crippen molar-refractivity contribution in [2.45, 2.75) is 13.0 Å². The molecule has 1 aromatic carbocycles. The molecule has 2 aromatic rings. The van der Waals surface area contributed by atoms with Crippen molar-refractivity contribution in [3.8, 4) is 0 Å². The van der Waals surface area contributed by atoms with Gasteiger partial charge in [0, 0.05) is 37.9 Å². The minimum atomic E-state index is -0.357. The number of ether oxygens (including phenoxy) is 1. The fraction of sp³-hybridized carbons (Fsp3) is 0.250. The van der Waals surface area contributed by atoms with Crippen LogP contribution in [0.4, 0.5) is 4.79 Å². The number of rotatable bonds is 4. The lowest BCUT2D eigenvalue weighted by Crippen LogP contribution is -2.22. The Bertz CT molecular complexity index is 629. The Hall–Kier alpha value is -2.07. The summed E-state index contributed by atoms with van der Waals surface area (Å²) in [5, 5.41) is 0.685. The number of amides is 1. The molecule has 110 valence electrons. The van der Waals surface area contributed by atoms with E-state index < -0.39 is 0 Å². The third-order valence-corrected chi connectivity index (χ3v) is 3.43. The summed E-state index contributed by atoms with van der Waals surface area (Å²) in [7, 11) is 3.31. The van der Waals surface area contributed by atoms with Gasteiger partial charge in [0.2, 0.25) is 0 Å². The summed E-state index contributed by atoms with van der Waals surface area (Å²) in [6.45, 7) is 0.241. The average Bonchev–Trinajstić information content (AvgIpc) is 2.48. The van der Waals surface area contributed by atoms with Gasteiger partial charge in [-0.15, -0.1) is 0 Å². The summed E-state index contributed by atoms with van der Waals surface area (Å²) in [6.07, 6.45) is 3.72. The van der Waals surface area contributed by atoms with Crippen LogP contribution in [0.3, 0.4) is 0 Å². The van der Waals surface area contributed by atoms with E-state index in [1.54, 1.807) is 32.6 Å². The first-order chi connectivity index (χ1) is 10.1. The number of aromatic nitrogens is 1.